The van der Waals surface area contributed by atoms with Crippen LogP contribution in [0, 0.1) is 5.92 Å². The van der Waals surface area contributed by atoms with Gasteiger partial charge in [-0.2, -0.15) is 0 Å². The molecule has 0 aliphatic heterocycles. The van der Waals surface area contributed by atoms with Crippen molar-refractivity contribution in [2.75, 3.05) is 0 Å². The van der Waals surface area contributed by atoms with E-state index in [4.69, 9.17) is 0 Å². The maximum Gasteiger partial charge on any atom is 0.335 e. The standard InChI is InChI=1S/C19H23NO3/c1-5-7-12-9-13(19(22)23)10-15-16(12)17(18(21)11(3)4)14(20-15)8-6-2/h5,9-11,20H,1,6-8H2,2-4H3,(H,22,23). The molecule has 0 bridgehead atoms. The van der Waals surface area contributed by atoms with Crippen LogP contribution >= 0.6 is 0 Å². The van der Waals surface area contributed by atoms with Crippen molar-refractivity contribution in [1.82, 2.24) is 4.98 Å². The molecule has 2 N–H and O–H groups in total. The molecule has 1 aromatic heterocycles. The van der Waals surface area contributed by atoms with E-state index >= 15 is 0 Å². The molecule has 0 saturated carbocycles. The summed E-state index contributed by atoms with van der Waals surface area (Å²) in [7, 11) is 0. The Morgan fingerprint density at radius 2 is 2.04 bits per heavy atom. The third-order valence-electron chi connectivity index (χ3n) is 3.94. The number of hydrogen-bond donors (Lipinski definition) is 2. The Kier molecular flexibility index (Phi) is 5.04. The zero-order chi connectivity index (χ0) is 17.1. The normalized spacial score (nSPS) is 11.1. The summed E-state index contributed by atoms with van der Waals surface area (Å²) in [5.74, 6) is -0.992. The van der Waals surface area contributed by atoms with Crippen LogP contribution in [0.2, 0.25) is 0 Å². The third-order valence-corrected chi connectivity index (χ3v) is 3.94. The first-order chi connectivity index (χ1) is 10.9. The predicted octanol–water partition coefficient (Wildman–Crippen LogP) is 4.39. The van der Waals surface area contributed by atoms with Gasteiger partial charge in [0.15, 0.2) is 5.78 Å². The number of aryl methyl sites for hydroxylation is 1. The quantitative estimate of drug-likeness (QED) is 0.588. The lowest BCUT2D eigenvalue weighted by molar-refractivity contribution is 0.0696. The van der Waals surface area contributed by atoms with Gasteiger partial charge in [-0.25, -0.2) is 4.79 Å². The van der Waals surface area contributed by atoms with Gasteiger partial charge >= 0.3 is 5.97 Å². The lowest BCUT2D eigenvalue weighted by Gasteiger charge is -2.09. The summed E-state index contributed by atoms with van der Waals surface area (Å²) in [4.78, 5) is 27.4. The molecule has 0 fully saturated rings. The number of aromatic carboxylic acids is 1. The number of carboxylic acid groups (broad SMARTS) is 1. The van der Waals surface area contributed by atoms with Gasteiger partial charge in [0.1, 0.15) is 0 Å². The third kappa shape index (κ3) is 3.21. The number of aromatic nitrogens is 1. The molecule has 2 rings (SSSR count). The first-order valence-corrected chi connectivity index (χ1v) is 7.96. The number of carbonyl (C=O) groups is 2. The van der Waals surface area contributed by atoms with Crippen LogP contribution in [0.15, 0.2) is 24.8 Å². The van der Waals surface area contributed by atoms with Crippen molar-refractivity contribution in [2.24, 2.45) is 5.92 Å². The van der Waals surface area contributed by atoms with Crippen LogP contribution in [-0.4, -0.2) is 21.8 Å². The van der Waals surface area contributed by atoms with Crippen molar-refractivity contribution in [2.45, 2.75) is 40.0 Å². The lowest BCUT2D eigenvalue weighted by Crippen LogP contribution is -2.10. The maximum atomic E-state index is 12.7. The molecule has 4 nitrogen and oxygen atoms in total. The highest BCUT2D eigenvalue weighted by atomic mass is 16.4. The number of carbonyl (C=O) groups excluding carboxylic acids is 1. The van der Waals surface area contributed by atoms with E-state index in [9.17, 15) is 14.7 Å². The van der Waals surface area contributed by atoms with Gasteiger partial charge in [-0.15, -0.1) is 6.58 Å². The van der Waals surface area contributed by atoms with Crippen LogP contribution in [0.1, 0.15) is 59.2 Å². The molecule has 0 unspecified atom stereocenters. The van der Waals surface area contributed by atoms with E-state index in [1.165, 1.54) is 0 Å². The Labute approximate surface area is 136 Å². The number of Topliss-reactive ketones (excluding diaryl/α,β-unsaturated/α-hetero) is 1. The molecule has 1 heterocycles. The van der Waals surface area contributed by atoms with E-state index < -0.39 is 5.97 Å². The van der Waals surface area contributed by atoms with Crippen LogP contribution in [0.3, 0.4) is 0 Å². The smallest absolute Gasteiger partial charge is 0.335 e. The summed E-state index contributed by atoms with van der Waals surface area (Å²) >= 11 is 0. The molecule has 0 spiro atoms. The van der Waals surface area contributed by atoms with Gasteiger partial charge in [-0.1, -0.05) is 33.3 Å². The average Bonchev–Trinajstić information content (AvgIpc) is 2.85. The summed E-state index contributed by atoms with van der Waals surface area (Å²) in [6.45, 7) is 9.57. The van der Waals surface area contributed by atoms with Crippen molar-refractivity contribution >= 4 is 22.7 Å². The molecular weight excluding hydrogens is 290 g/mol. The molecule has 0 atom stereocenters. The SMILES string of the molecule is C=CCc1cc(C(=O)O)cc2[nH]c(CCC)c(C(=O)C(C)C)c12. The molecular formula is C19H23NO3. The molecule has 0 amide bonds. The monoisotopic (exact) mass is 313 g/mol. The number of benzene rings is 1. The van der Waals surface area contributed by atoms with Crippen molar-refractivity contribution in [3.8, 4) is 0 Å². The van der Waals surface area contributed by atoms with Crippen molar-refractivity contribution in [3.63, 3.8) is 0 Å². The molecule has 0 aliphatic carbocycles. The fraction of sp³-hybridized carbons (Fsp3) is 0.368. The summed E-state index contributed by atoms with van der Waals surface area (Å²) in [5.41, 5.74) is 3.38. The minimum Gasteiger partial charge on any atom is -0.478 e. The number of hydrogen-bond acceptors (Lipinski definition) is 2. The number of rotatable bonds is 7. The minimum absolute atomic E-state index is 0.0908. The van der Waals surface area contributed by atoms with E-state index in [1.807, 2.05) is 13.8 Å². The van der Waals surface area contributed by atoms with Crippen LogP contribution in [-0.2, 0) is 12.8 Å². The molecule has 23 heavy (non-hydrogen) atoms. The highest BCUT2D eigenvalue weighted by molar-refractivity contribution is 6.12. The summed E-state index contributed by atoms with van der Waals surface area (Å²) in [5, 5.41) is 10.2. The Bertz CT molecular complexity index is 769. The second kappa shape index (κ2) is 6.82. The molecule has 4 heteroatoms. The Morgan fingerprint density at radius 1 is 1.35 bits per heavy atom. The number of nitrogens with one attached hydrogen (secondary N) is 1. The lowest BCUT2D eigenvalue weighted by atomic mass is 9.92. The Hall–Kier alpha value is -2.36. The largest absolute Gasteiger partial charge is 0.478 e. The topological polar surface area (TPSA) is 70.2 Å². The molecule has 0 saturated heterocycles. The van der Waals surface area contributed by atoms with Crippen molar-refractivity contribution in [1.29, 1.82) is 0 Å². The van der Waals surface area contributed by atoms with E-state index in [0.29, 0.717) is 17.5 Å². The highest BCUT2D eigenvalue weighted by Crippen LogP contribution is 2.31. The van der Waals surface area contributed by atoms with Crippen LogP contribution in [0.4, 0.5) is 0 Å². The Morgan fingerprint density at radius 3 is 2.57 bits per heavy atom. The second-order valence-electron chi connectivity index (χ2n) is 6.10. The first kappa shape index (κ1) is 17.0. The maximum absolute atomic E-state index is 12.7. The molecule has 1 aromatic carbocycles. The van der Waals surface area contributed by atoms with Crippen LogP contribution in [0.5, 0.6) is 0 Å². The van der Waals surface area contributed by atoms with Crippen molar-refractivity contribution in [3.05, 3.63) is 47.2 Å². The number of fused-ring (bicyclic) bond motifs is 1. The van der Waals surface area contributed by atoms with Gasteiger partial charge < -0.3 is 10.1 Å². The number of allylic oxidation sites excluding steroid dienone is 1. The van der Waals surface area contributed by atoms with Crippen LogP contribution in [0.25, 0.3) is 10.9 Å². The van der Waals surface area contributed by atoms with E-state index in [1.54, 1.807) is 18.2 Å². The molecule has 122 valence electrons. The zero-order valence-electron chi connectivity index (χ0n) is 13.9. The van der Waals surface area contributed by atoms with Gasteiger partial charge in [0, 0.05) is 28.1 Å². The van der Waals surface area contributed by atoms with E-state index in [0.717, 1.165) is 29.5 Å². The van der Waals surface area contributed by atoms with Crippen molar-refractivity contribution < 1.29 is 14.7 Å². The van der Waals surface area contributed by atoms with Gasteiger partial charge in [-0.05, 0) is 30.5 Å². The zero-order valence-corrected chi connectivity index (χ0v) is 13.9. The van der Waals surface area contributed by atoms with E-state index in [-0.39, 0.29) is 17.3 Å². The van der Waals surface area contributed by atoms with Gasteiger partial charge in [0.05, 0.1) is 5.56 Å². The number of aromatic amines is 1. The molecule has 0 aliphatic rings. The summed E-state index contributed by atoms with van der Waals surface area (Å²) in [6, 6.07) is 3.26. The van der Waals surface area contributed by atoms with Gasteiger partial charge in [0.25, 0.3) is 0 Å². The second-order valence-corrected chi connectivity index (χ2v) is 6.10. The van der Waals surface area contributed by atoms with Gasteiger partial charge in [0.2, 0.25) is 0 Å². The number of carboxylic acids is 1. The highest BCUT2D eigenvalue weighted by Gasteiger charge is 2.23. The number of H-pyrrole nitrogens is 1. The molecule has 0 radical (unpaired) electrons. The summed E-state index contributed by atoms with van der Waals surface area (Å²) in [6.07, 6.45) is 3.93. The van der Waals surface area contributed by atoms with E-state index in [2.05, 4.69) is 18.5 Å². The predicted molar refractivity (Wildman–Crippen MR) is 92.3 cm³/mol. The number of ketones is 1. The van der Waals surface area contributed by atoms with Crippen LogP contribution < -0.4 is 0 Å². The fourth-order valence-electron chi connectivity index (χ4n) is 2.91. The first-order valence-electron chi connectivity index (χ1n) is 7.96. The Balaban J connectivity index is 2.84. The molecule has 2 aromatic rings. The average molecular weight is 313 g/mol. The van der Waals surface area contributed by atoms with Gasteiger partial charge in [-0.3, -0.25) is 4.79 Å². The summed E-state index contributed by atoms with van der Waals surface area (Å²) < 4.78 is 0. The minimum atomic E-state index is -0.972. The fourth-order valence-corrected chi connectivity index (χ4v) is 2.91.